The van der Waals surface area contributed by atoms with E-state index >= 15 is 0 Å². The van der Waals surface area contributed by atoms with Gasteiger partial charge in [-0.25, -0.2) is 0 Å². The third-order valence-electron chi connectivity index (χ3n) is 2.04. The highest BCUT2D eigenvalue weighted by molar-refractivity contribution is 9.26. The van der Waals surface area contributed by atoms with Gasteiger partial charge >= 0.3 is 0 Å². The van der Waals surface area contributed by atoms with E-state index in [2.05, 4.69) is 70.6 Å². The van der Waals surface area contributed by atoms with Gasteiger partial charge in [-0.3, -0.25) is 0 Å². The normalized spacial score (nSPS) is 14.8. The van der Waals surface area contributed by atoms with Crippen molar-refractivity contribution in [1.82, 2.24) is 0 Å². The molecule has 0 spiro atoms. The molecule has 0 bridgehead atoms. The third-order valence-corrected chi connectivity index (χ3v) is 4.77. The Morgan fingerprint density at radius 1 is 1.14 bits per heavy atom. The van der Waals surface area contributed by atoms with E-state index in [0.29, 0.717) is 0 Å². The number of alkyl halides is 4. The van der Waals surface area contributed by atoms with Crippen molar-refractivity contribution in [3.8, 4) is 0 Å². The Morgan fingerprint density at radius 2 is 1.71 bits per heavy atom. The lowest BCUT2D eigenvalue weighted by molar-refractivity contribution is 0.180. The van der Waals surface area contributed by atoms with Gasteiger partial charge in [-0.05, 0) is 6.42 Å². The maximum Gasteiger partial charge on any atom is 0.108 e. The zero-order valence-corrected chi connectivity index (χ0v) is 14.5. The summed E-state index contributed by atoms with van der Waals surface area (Å²) < 4.78 is -0.481. The Morgan fingerprint density at radius 3 is 2.14 bits per heavy atom. The van der Waals surface area contributed by atoms with E-state index in [4.69, 9.17) is 0 Å². The molecule has 0 aliphatic rings. The van der Waals surface area contributed by atoms with Crippen LogP contribution in [-0.4, -0.2) is 18.2 Å². The van der Waals surface area contributed by atoms with Gasteiger partial charge in [-0.15, -0.1) is 0 Å². The number of rotatable bonds is 7. The van der Waals surface area contributed by atoms with Gasteiger partial charge in [0.25, 0.3) is 0 Å². The standard InChI is InChI=1S/C9H16Br4O/c1-2-3-4-5-6-9(12,13)7(14)8(10)11/h7-8,14H,2-6H2,1H3. The van der Waals surface area contributed by atoms with Crippen LogP contribution in [0.2, 0.25) is 0 Å². The second-order valence-electron chi connectivity index (χ2n) is 3.35. The summed E-state index contributed by atoms with van der Waals surface area (Å²) in [6.07, 6.45) is 5.26. The molecule has 0 aromatic carbocycles. The molecule has 0 aliphatic heterocycles. The van der Waals surface area contributed by atoms with Crippen molar-refractivity contribution in [2.45, 2.75) is 52.1 Å². The zero-order valence-electron chi connectivity index (χ0n) is 8.15. The fourth-order valence-corrected chi connectivity index (χ4v) is 4.53. The van der Waals surface area contributed by atoms with Crippen molar-refractivity contribution in [3.63, 3.8) is 0 Å². The zero-order chi connectivity index (χ0) is 11.2. The van der Waals surface area contributed by atoms with Crippen LogP contribution in [0.25, 0.3) is 0 Å². The summed E-state index contributed by atoms with van der Waals surface area (Å²) in [7, 11) is 0. The molecule has 0 saturated heterocycles. The lowest BCUT2D eigenvalue weighted by atomic mass is 10.1. The Bertz CT molecular complexity index is 150. The minimum atomic E-state index is -0.496. The van der Waals surface area contributed by atoms with Gasteiger partial charge in [0.2, 0.25) is 0 Å². The smallest absolute Gasteiger partial charge is 0.108 e. The van der Waals surface area contributed by atoms with Crippen LogP contribution in [-0.2, 0) is 0 Å². The fourth-order valence-electron chi connectivity index (χ4n) is 1.12. The molecule has 0 heterocycles. The predicted octanol–water partition coefficient (Wildman–Crippen LogP) is 4.92. The van der Waals surface area contributed by atoms with Crippen LogP contribution in [0.1, 0.15) is 39.0 Å². The van der Waals surface area contributed by atoms with Gasteiger partial charge in [-0.1, -0.05) is 96.3 Å². The minimum Gasteiger partial charge on any atom is -0.389 e. The largest absolute Gasteiger partial charge is 0.389 e. The van der Waals surface area contributed by atoms with Gasteiger partial charge in [-0.2, -0.15) is 0 Å². The molecule has 1 atom stereocenters. The van der Waals surface area contributed by atoms with E-state index in [-0.39, 0.29) is 6.97 Å². The molecule has 14 heavy (non-hydrogen) atoms. The van der Waals surface area contributed by atoms with Crippen LogP contribution in [0.15, 0.2) is 0 Å². The van der Waals surface area contributed by atoms with Crippen LogP contribution >= 0.6 is 63.7 Å². The summed E-state index contributed by atoms with van der Waals surface area (Å²) in [5.41, 5.74) is 0. The Balaban J connectivity index is 3.82. The summed E-state index contributed by atoms with van der Waals surface area (Å²) in [6.45, 7) is 2.19. The lowest BCUT2D eigenvalue weighted by Crippen LogP contribution is -2.34. The van der Waals surface area contributed by atoms with Gasteiger partial charge in [0.1, 0.15) is 9.34 Å². The van der Waals surface area contributed by atoms with Crippen molar-refractivity contribution >= 4 is 63.7 Å². The summed E-state index contributed by atoms with van der Waals surface area (Å²) in [5.74, 6) is 0. The highest BCUT2D eigenvalue weighted by Crippen LogP contribution is 2.40. The molecule has 86 valence electrons. The fraction of sp³-hybridized carbons (Fsp3) is 1.00. The molecule has 1 unspecified atom stereocenters. The first kappa shape index (κ1) is 15.9. The lowest BCUT2D eigenvalue weighted by Gasteiger charge is -2.27. The minimum absolute atomic E-state index is 0.0973. The maximum absolute atomic E-state index is 9.82. The number of aliphatic hydroxyl groups is 1. The van der Waals surface area contributed by atoms with Crippen LogP contribution in [0, 0.1) is 0 Å². The molecular weight excluding hydrogens is 444 g/mol. The number of aliphatic hydroxyl groups excluding tert-OH is 1. The monoisotopic (exact) mass is 456 g/mol. The van der Waals surface area contributed by atoms with E-state index in [0.717, 1.165) is 12.8 Å². The topological polar surface area (TPSA) is 20.2 Å². The van der Waals surface area contributed by atoms with Crippen molar-refractivity contribution in [2.75, 3.05) is 0 Å². The van der Waals surface area contributed by atoms with E-state index in [9.17, 15) is 5.11 Å². The molecule has 0 aliphatic carbocycles. The first-order valence-electron chi connectivity index (χ1n) is 4.76. The molecular formula is C9H16Br4O. The highest BCUT2D eigenvalue weighted by atomic mass is 79.9. The van der Waals surface area contributed by atoms with Gasteiger partial charge in [0, 0.05) is 0 Å². The molecule has 0 radical (unpaired) electrons. The molecule has 0 amide bonds. The van der Waals surface area contributed by atoms with E-state index in [1.165, 1.54) is 19.3 Å². The molecule has 5 heteroatoms. The molecule has 0 aromatic heterocycles. The third kappa shape index (κ3) is 6.46. The van der Waals surface area contributed by atoms with Crippen LogP contribution in [0.3, 0.4) is 0 Å². The van der Waals surface area contributed by atoms with Gasteiger partial charge in [0.05, 0.1) is 3.74 Å². The number of hydrogen-bond acceptors (Lipinski definition) is 1. The predicted molar refractivity (Wildman–Crippen MR) is 77.0 cm³/mol. The Kier molecular flexibility index (Phi) is 9.12. The van der Waals surface area contributed by atoms with E-state index in [1.807, 2.05) is 0 Å². The van der Waals surface area contributed by atoms with Crippen LogP contribution in [0.4, 0.5) is 0 Å². The molecule has 0 rings (SSSR count). The van der Waals surface area contributed by atoms with Gasteiger partial charge < -0.3 is 5.11 Å². The van der Waals surface area contributed by atoms with E-state index in [1.54, 1.807) is 0 Å². The summed E-state index contributed by atoms with van der Waals surface area (Å²) >= 11 is 13.6. The average molecular weight is 460 g/mol. The number of halogens is 4. The van der Waals surface area contributed by atoms with Crippen molar-refractivity contribution in [1.29, 1.82) is 0 Å². The van der Waals surface area contributed by atoms with Crippen LogP contribution in [0.5, 0.6) is 0 Å². The summed E-state index contributed by atoms with van der Waals surface area (Å²) in [4.78, 5) is 0. The molecule has 1 N–H and O–H groups in total. The number of hydrogen-bond donors (Lipinski definition) is 1. The van der Waals surface area contributed by atoms with Gasteiger partial charge in [0.15, 0.2) is 0 Å². The molecule has 0 aromatic rings. The molecule has 1 nitrogen and oxygen atoms in total. The highest BCUT2D eigenvalue weighted by Gasteiger charge is 2.35. The van der Waals surface area contributed by atoms with Crippen molar-refractivity contribution < 1.29 is 5.11 Å². The average Bonchev–Trinajstić information content (AvgIpc) is 2.11. The molecule has 0 fully saturated rings. The molecule has 0 saturated carbocycles. The number of unbranched alkanes of at least 4 members (excludes halogenated alkanes) is 3. The SMILES string of the molecule is CCCCCCC(Br)(Br)C(O)C(Br)Br. The van der Waals surface area contributed by atoms with E-state index < -0.39 is 6.10 Å². The first-order valence-corrected chi connectivity index (χ1v) is 8.17. The van der Waals surface area contributed by atoms with Crippen molar-refractivity contribution in [2.24, 2.45) is 0 Å². The second-order valence-corrected chi connectivity index (χ2v) is 10.4. The second kappa shape index (κ2) is 8.04. The maximum atomic E-state index is 9.82. The first-order chi connectivity index (χ1) is 6.41. The van der Waals surface area contributed by atoms with Crippen molar-refractivity contribution in [3.05, 3.63) is 0 Å². The Labute approximate surface area is 120 Å². The summed E-state index contributed by atoms with van der Waals surface area (Å²) in [5, 5.41) is 9.82. The quantitative estimate of drug-likeness (QED) is 0.423. The Hall–Kier alpha value is 1.88. The van der Waals surface area contributed by atoms with Crippen LogP contribution < -0.4 is 0 Å². The summed E-state index contributed by atoms with van der Waals surface area (Å²) in [6, 6.07) is 0.